The van der Waals surface area contributed by atoms with E-state index < -0.39 is 6.04 Å². The van der Waals surface area contributed by atoms with Gasteiger partial charge in [0.2, 0.25) is 5.95 Å². The summed E-state index contributed by atoms with van der Waals surface area (Å²) in [4.78, 5) is 31.4. The first-order valence-corrected chi connectivity index (χ1v) is 11.9. The largest absolute Gasteiger partial charge is 0.473 e. The van der Waals surface area contributed by atoms with Gasteiger partial charge in [0.05, 0.1) is 46.0 Å². The highest BCUT2D eigenvalue weighted by atomic mass is 35.5. The Labute approximate surface area is 209 Å². The van der Waals surface area contributed by atoms with Crippen LogP contribution in [-0.4, -0.2) is 31.6 Å². The normalized spacial score (nSPS) is 12.0. The molecule has 3 aromatic heterocycles. The van der Waals surface area contributed by atoms with Crippen molar-refractivity contribution in [3.63, 3.8) is 0 Å². The van der Waals surface area contributed by atoms with Crippen LogP contribution in [0.25, 0.3) is 27.8 Å². The van der Waals surface area contributed by atoms with E-state index in [1.54, 1.807) is 36.1 Å². The fourth-order valence-electron chi connectivity index (χ4n) is 3.76. The molecule has 0 amide bonds. The minimum atomic E-state index is -0.458. The molecule has 11 heteroatoms. The monoisotopic (exact) mass is 505 g/mol. The minimum absolute atomic E-state index is 0.101. The predicted octanol–water partition coefficient (Wildman–Crippen LogP) is 4.72. The molecule has 9 nitrogen and oxygen atoms in total. The van der Waals surface area contributed by atoms with Gasteiger partial charge in [0.25, 0.3) is 10.8 Å². The Morgan fingerprint density at radius 1 is 1.11 bits per heavy atom. The van der Waals surface area contributed by atoms with Crippen molar-refractivity contribution in [1.82, 2.24) is 24.5 Å². The van der Waals surface area contributed by atoms with Crippen molar-refractivity contribution in [2.75, 3.05) is 18.2 Å². The van der Waals surface area contributed by atoms with Crippen molar-refractivity contribution in [1.29, 1.82) is 0 Å². The van der Waals surface area contributed by atoms with Crippen LogP contribution in [0.2, 0.25) is 5.02 Å². The van der Waals surface area contributed by atoms with Crippen molar-refractivity contribution >= 4 is 45.6 Å². The number of nitrogens with zero attached hydrogens (tertiary/aromatic N) is 5. The summed E-state index contributed by atoms with van der Waals surface area (Å²) in [5.41, 5.74) is 8.09. The van der Waals surface area contributed by atoms with E-state index in [4.69, 9.17) is 27.1 Å². The minimum Gasteiger partial charge on any atom is -0.473 e. The third kappa shape index (κ3) is 4.29. The van der Waals surface area contributed by atoms with Crippen molar-refractivity contribution in [3.05, 3.63) is 81.3 Å². The van der Waals surface area contributed by atoms with Gasteiger partial charge in [-0.05, 0) is 31.2 Å². The number of para-hydroxylation sites is 1. The molecule has 3 N–H and O–H groups in total. The van der Waals surface area contributed by atoms with Gasteiger partial charge in [-0.25, -0.2) is 15.0 Å². The summed E-state index contributed by atoms with van der Waals surface area (Å²) in [6.45, 7) is 1.89. The summed E-state index contributed by atoms with van der Waals surface area (Å²) in [5.74, 6) is 1.04. The lowest BCUT2D eigenvalue weighted by Gasteiger charge is -2.21. The highest BCUT2D eigenvalue weighted by Crippen LogP contribution is 2.32. The lowest BCUT2D eigenvalue weighted by atomic mass is 10.2. The van der Waals surface area contributed by atoms with E-state index in [0.29, 0.717) is 49.7 Å². The summed E-state index contributed by atoms with van der Waals surface area (Å²) < 4.78 is 6.78. The Hall–Kier alpha value is -4.02. The van der Waals surface area contributed by atoms with Crippen molar-refractivity contribution in [2.24, 2.45) is 0 Å². The SMILES string of the molecule is COc1nc(-c2cnc(N)nc2N[C@@H](C)c2nc3cccc(Cl)c3c(=O)n2-c2ccccc2)cs1. The van der Waals surface area contributed by atoms with Crippen molar-refractivity contribution in [3.8, 4) is 22.1 Å². The number of benzene rings is 2. The number of anilines is 2. The van der Waals surface area contributed by atoms with Crippen LogP contribution in [0.5, 0.6) is 5.19 Å². The molecule has 0 aliphatic carbocycles. The van der Waals surface area contributed by atoms with Gasteiger partial charge < -0.3 is 15.8 Å². The van der Waals surface area contributed by atoms with Crippen LogP contribution < -0.4 is 21.3 Å². The van der Waals surface area contributed by atoms with Crippen LogP contribution in [0.1, 0.15) is 18.8 Å². The van der Waals surface area contributed by atoms with E-state index in [-0.39, 0.29) is 11.5 Å². The zero-order valence-corrected chi connectivity index (χ0v) is 20.3. The lowest BCUT2D eigenvalue weighted by molar-refractivity contribution is 0.412. The van der Waals surface area contributed by atoms with Gasteiger partial charge in [-0.2, -0.15) is 4.98 Å². The predicted molar refractivity (Wildman–Crippen MR) is 138 cm³/mol. The van der Waals surface area contributed by atoms with Gasteiger partial charge in [-0.1, -0.05) is 47.2 Å². The van der Waals surface area contributed by atoms with Crippen LogP contribution in [0.15, 0.2) is 64.9 Å². The molecular weight excluding hydrogens is 486 g/mol. The van der Waals surface area contributed by atoms with Crippen LogP contribution in [0, 0.1) is 0 Å². The van der Waals surface area contributed by atoms with E-state index >= 15 is 0 Å². The van der Waals surface area contributed by atoms with Gasteiger partial charge in [0.1, 0.15) is 11.6 Å². The molecule has 0 spiro atoms. The molecule has 1 atom stereocenters. The molecule has 35 heavy (non-hydrogen) atoms. The summed E-state index contributed by atoms with van der Waals surface area (Å²) in [5, 5.41) is 6.41. The molecule has 0 aliphatic rings. The molecule has 0 unspecified atom stereocenters. The van der Waals surface area contributed by atoms with Crippen LogP contribution >= 0.6 is 22.9 Å². The quantitative estimate of drug-likeness (QED) is 0.340. The zero-order chi connectivity index (χ0) is 24.5. The van der Waals surface area contributed by atoms with Crippen LogP contribution in [0.3, 0.4) is 0 Å². The summed E-state index contributed by atoms with van der Waals surface area (Å²) in [6, 6.07) is 14.1. The Morgan fingerprint density at radius 2 is 1.91 bits per heavy atom. The number of hydrogen-bond donors (Lipinski definition) is 2. The fraction of sp³-hybridized carbons (Fsp3) is 0.125. The molecule has 0 bridgehead atoms. The number of nitrogen functional groups attached to an aromatic ring is 1. The van der Waals surface area contributed by atoms with Crippen molar-refractivity contribution < 1.29 is 4.74 Å². The standard InChI is InChI=1S/C24H20ClN7O2S/c1-13(28-20-15(11-27-23(26)31-20)18-12-35-24(30-18)34-2)21-29-17-10-6-9-16(25)19(17)22(33)32(21)14-7-4-3-5-8-14/h3-13H,1-2H3,(H3,26,27,28,31)/t13-/m0/s1. The van der Waals surface area contributed by atoms with Gasteiger partial charge >= 0.3 is 0 Å². The number of rotatable bonds is 6. The van der Waals surface area contributed by atoms with E-state index in [2.05, 4.69) is 20.3 Å². The number of nitrogens with two attached hydrogens (primary N) is 1. The first-order valence-electron chi connectivity index (χ1n) is 10.6. The topological polar surface area (TPSA) is 121 Å². The van der Waals surface area contributed by atoms with Gasteiger partial charge in [-0.3, -0.25) is 9.36 Å². The Balaban J connectivity index is 1.65. The molecule has 5 aromatic rings. The molecule has 3 heterocycles. The van der Waals surface area contributed by atoms with Crippen molar-refractivity contribution in [2.45, 2.75) is 13.0 Å². The number of hydrogen-bond acceptors (Lipinski definition) is 9. The average molecular weight is 506 g/mol. The third-order valence-corrected chi connectivity index (χ3v) is 6.48. The number of methoxy groups -OCH3 is 1. The van der Waals surface area contributed by atoms with E-state index in [9.17, 15) is 4.79 Å². The van der Waals surface area contributed by atoms with Crippen LogP contribution in [-0.2, 0) is 0 Å². The maximum atomic E-state index is 13.6. The van der Waals surface area contributed by atoms with Crippen LogP contribution in [0.4, 0.5) is 11.8 Å². The Bertz CT molecular complexity index is 1590. The molecular formula is C24H20ClN7O2S. The first kappa shape index (κ1) is 22.8. The second-order valence-corrected chi connectivity index (χ2v) is 8.87. The molecule has 176 valence electrons. The highest BCUT2D eigenvalue weighted by Gasteiger charge is 2.21. The zero-order valence-electron chi connectivity index (χ0n) is 18.8. The average Bonchev–Trinajstić information content (AvgIpc) is 3.33. The molecule has 0 fully saturated rings. The summed E-state index contributed by atoms with van der Waals surface area (Å²) in [6.07, 6.45) is 1.60. The second-order valence-electron chi connectivity index (χ2n) is 7.64. The smallest absolute Gasteiger partial charge is 0.273 e. The summed E-state index contributed by atoms with van der Waals surface area (Å²) >= 11 is 7.75. The number of fused-ring (bicyclic) bond motifs is 1. The number of aromatic nitrogens is 5. The number of halogens is 1. The maximum absolute atomic E-state index is 13.6. The molecule has 0 aliphatic heterocycles. The fourth-order valence-corrected chi connectivity index (χ4v) is 4.65. The molecule has 2 aromatic carbocycles. The third-order valence-electron chi connectivity index (χ3n) is 5.37. The molecule has 5 rings (SSSR count). The van der Waals surface area contributed by atoms with E-state index in [1.807, 2.05) is 42.6 Å². The first-order chi connectivity index (χ1) is 17.0. The highest BCUT2D eigenvalue weighted by molar-refractivity contribution is 7.11. The second kappa shape index (κ2) is 9.32. The molecule has 0 saturated heterocycles. The Morgan fingerprint density at radius 3 is 2.66 bits per heavy atom. The number of thiazole rings is 1. The van der Waals surface area contributed by atoms with Gasteiger partial charge in [-0.15, -0.1) is 0 Å². The van der Waals surface area contributed by atoms with Gasteiger partial charge in [0, 0.05) is 11.6 Å². The lowest BCUT2D eigenvalue weighted by Crippen LogP contribution is -2.27. The number of nitrogens with one attached hydrogen (secondary N) is 1. The number of ether oxygens (including phenoxy) is 1. The maximum Gasteiger partial charge on any atom is 0.273 e. The van der Waals surface area contributed by atoms with Gasteiger partial charge in [0.15, 0.2) is 0 Å². The molecule has 0 saturated carbocycles. The van der Waals surface area contributed by atoms with E-state index in [1.165, 1.54) is 11.3 Å². The van der Waals surface area contributed by atoms with E-state index in [0.717, 1.165) is 0 Å². The molecule has 0 radical (unpaired) electrons. The Kier molecular flexibility index (Phi) is 6.06. The summed E-state index contributed by atoms with van der Waals surface area (Å²) in [7, 11) is 1.56.